The van der Waals surface area contributed by atoms with Gasteiger partial charge in [-0.2, -0.15) is 10.5 Å². The highest BCUT2D eigenvalue weighted by Gasteiger charge is 2.23. The van der Waals surface area contributed by atoms with E-state index in [0.717, 1.165) is 5.56 Å². The van der Waals surface area contributed by atoms with Crippen LogP contribution in [0.5, 0.6) is 0 Å². The average molecular weight is 412 g/mol. The van der Waals surface area contributed by atoms with E-state index < -0.39 is 17.2 Å². The first-order chi connectivity index (χ1) is 13.1. The summed E-state index contributed by atoms with van der Waals surface area (Å²) in [6.07, 6.45) is 1.53. The normalized spacial score (nSPS) is 11.8. The van der Waals surface area contributed by atoms with Gasteiger partial charge in [0, 0.05) is 16.9 Å². The minimum atomic E-state index is -4.01. The van der Waals surface area contributed by atoms with Crippen LogP contribution in [0.25, 0.3) is 10.9 Å². The van der Waals surface area contributed by atoms with E-state index in [-0.39, 0.29) is 15.8 Å². The van der Waals surface area contributed by atoms with Gasteiger partial charge in [0.15, 0.2) is 0 Å². The number of fused-ring (bicyclic) bond motifs is 1. The van der Waals surface area contributed by atoms with Crippen LogP contribution in [-0.2, 0) is 14.6 Å². The predicted molar refractivity (Wildman–Crippen MR) is 109 cm³/mol. The van der Waals surface area contributed by atoms with Crippen molar-refractivity contribution in [2.75, 3.05) is 18.1 Å². The van der Waals surface area contributed by atoms with E-state index in [1.165, 1.54) is 37.7 Å². The Morgan fingerprint density at radius 3 is 2.36 bits per heavy atom. The molecule has 0 saturated heterocycles. The Kier molecular flexibility index (Phi) is 4.81. The van der Waals surface area contributed by atoms with Gasteiger partial charge in [-0.25, -0.2) is 8.42 Å². The molecule has 2 N–H and O–H groups in total. The van der Waals surface area contributed by atoms with Crippen LogP contribution < -0.4 is 10.0 Å². The molecule has 7 nitrogen and oxygen atoms in total. The molecule has 0 amide bonds. The molecule has 0 unspecified atom stereocenters. The lowest BCUT2D eigenvalue weighted by Crippen LogP contribution is -2.17. The molecule has 3 aromatic rings. The van der Waals surface area contributed by atoms with Crippen molar-refractivity contribution in [3.8, 4) is 12.1 Å². The number of nitrogens with zero attached hydrogens (tertiary/aromatic N) is 2. The average Bonchev–Trinajstić information content (AvgIpc) is 3.08. The van der Waals surface area contributed by atoms with Crippen LogP contribution in [0.3, 0.4) is 0 Å². The standard InChI is InChI=1S/C19H17N4O3PS/c1-12-4-7-16(19-18(12)14(10-21)11-22-19)23-28(25,26)15-6-5-13(9-20)17(8-15)27(2,3)24/h4-8,11,22-23H,1-3H3. The molecule has 0 radical (unpaired) electrons. The molecule has 0 saturated carbocycles. The number of hydrogen-bond donors (Lipinski definition) is 2. The van der Waals surface area contributed by atoms with Gasteiger partial charge in [-0.3, -0.25) is 4.72 Å². The Hall–Kier alpha value is -3.06. The van der Waals surface area contributed by atoms with Crippen LogP contribution in [0, 0.1) is 29.6 Å². The first kappa shape index (κ1) is 19.7. The number of nitrogens with one attached hydrogen (secondary N) is 2. The van der Waals surface area contributed by atoms with Crippen LogP contribution in [0.4, 0.5) is 5.69 Å². The number of benzene rings is 2. The summed E-state index contributed by atoms with van der Waals surface area (Å²) >= 11 is 0. The molecule has 0 aliphatic carbocycles. The highest BCUT2D eigenvalue weighted by molar-refractivity contribution is 7.92. The Balaban J connectivity index is 2.12. The first-order valence-electron chi connectivity index (χ1n) is 8.22. The number of aryl methyl sites for hydroxylation is 1. The summed E-state index contributed by atoms with van der Waals surface area (Å²) in [6, 6.07) is 11.3. The van der Waals surface area contributed by atoms with E-state index in [1.807, 2.05) is 13.0 Å². The number of aromatic nitrogens is 1. The summed E-state index contributed by atoms with van der Waals surface area (Å²) in [6.45, 7) is 4.81. The van der Waals surface area contributed by atoms with Gasteiger partial charge in [-0.05, 0) is 50.1 Å². The topological polar surface area (TPSA) is 127 Å². The molecule has 0 spiro atoms. The van der Waals surface area contributed by atoms with E-state index >= 15 is 0 Å². The van der Waals surface area contributed by atoms with Crippen LogP contribution in [0.2, 0.25) is 0 Å². The summed E-state index contributed by atoms with van der Waals surface area (Å²) in [5.41, 5.74) is 2.25. The minimum Gasteiger partial charge on any atom is -0.358 e. The fourth-order valence-electron chi connectivity index (χ4n) is 3.02. The van der Waals surface area contributed by atoms with Crippen molar-refractivity contribution in [1.29, 1.82) is 10.5 Å². The number of anilines is 1. The van der Waals surface area contributed by atoms with Crippen molar-refractivity contribution in [2.24, 2.45) is 0 Å². The molecule has 0 aliphatic heterocycles. The third-order valence-corrected chi connectivity index (χ3v) is 7.28. The van der Waals surface area contributed by atoms with Crippen molar-refractivity contribution < 1.29 is 13.0 Å². The van der Waals surface area contributed by atoms with Gasteiger partial charge in [-0.15, -0.1) is 0 Å². The zero-order valence-corrected chi connectivity index (χ0v) is 17.1. The Labute approximate surface area is 163 Å². The van der Waals surface area contributed by atoms with Gasteiger partial charge in [0.05, 0.1) is 33.3 Å². The fourth-order valence-corrected chi connectivity index (χ4v) is 5.36. The maximum Gasteiger partial charge on any atom is 0.261 e. The second-order valence-corrected chi connectivity index (χ2v) is 11.6. The van der Waals surface area contributed by atoms with Gasteiger partial charge in [0.25, 0.3) is 10.0 Å². The Morgan fingerprint density at radius 1 is 1.07 bits per heavy atom. The third-order valence-electron chi connectivity index (χ3n) is 4.39. The van der Waals surface area contributed by atoms with Crippen molar-refractivity contribution in [1.82, 2.24) is 4.98 Å². The molecular weight excluding hydrogens is 395 g/mol. The summed E-state index contributed by atoms with van der Waals surface area (Å²) < 4.78 is 40.8. The molecular formula is C19H17N4O3PS. The van der Waals surface area contributed by atoms with E-state index in [1.54, 1.807) is 12.1 Å². The monoisotopic (exact) mass is 412 g/mol. The summed E-state index contributed by atoms with van der Waals surface area (Å²) in [5.74, 6) is 0. The van der Waals surface area contributed by atoms with Crippen LogP contribution in [-0.4, -0.2) is 26.7 Å². The molecule has 28 heavy (non-hydrogen) atoms. The van der Waals surface area contributed by atoms with Crippen LogP contribution in [0.15, 0.2) is 41.4 Å². The van der Waals surface area contributed by atoms with Gasteiger partial charge in [0.2, 0.25) is 0 Å². The molecule has 3 rings (SSSR count). The lowest BCUT2D eigenvalue weighted by molar-refractivity contribution is 0.588. The van der Waals surface area contributed by atoms with Gasteiger partial charge >= 0.3 is 0 Å². The highest BCUT2D eigenvalue weighted by Crippen LogP contribution is 2.37. The zero-order chi connectivity index (χ0) is 20.7. The first-order valence-corrected chi connectivity index (χ1v) is 12.3. The van der Waals surface area contributed by atoms with Gasteiger partial charge < -0.3 is 9.55 Å². The second kappa shape index (κ2) is 6.83. The lowest BCUT2D eigenvalue weighted by atomic mass is 10.1. The molecule has 0 aliphatic rings. The number of rotatable bonds is 4. The van der Waals surface area contributed by atoms with E-state index in [0.29, 0.717) is 22.2 Å². The van der Waals surface area contributed by atoms with Gasteiger partial charge in [-0.1, -0.05) is 6.07 Å². The quantitative estimate of drug-likeness (QED) is 0.636. The molecule has 0 bridgehead atoms. The molecule has 142 valence electrons. The number of sulfonamides is 1. The second-order valence-electron chi connectivity index (χ2n) is 6.74. The van der Waals surface area contributed by atoms with E-state index in [4.69, 9.17) is 0 Å². The Morgan fingerprint density at radius 2 is 1.75 bits per heavy atom. The lowest BCUT2D eigenvalue weighted by Gasteiger charge is -2.14. The van der Waals surface area contributed by atoms with Crippen molar-refractivity contribution in [2.45, 2.75) is 11.8 Å². The third kappa shape index (κ3) is 3.41. The number of H-pyrrole nitrogens is 1. The molecule has 1 aromatic heterocycles. The summed E-state index contributed by atoms with van der Waals surface area (Å²) in [7, 11) is -6.86. The Bertz CT molecular complexity index is 1340. The molecule has 0 atom stereocenters. The SMILES string of the molecule is Cc1ccc(NS(=O)(=O)c2ccc(C#N)c(P(C)(C)=O)c2)c2[nH]cc(C#N)c12. The van der Waals surface area contributed by atoms with Crippen molar-refractivity contribution in [3.63, 3.8) is 0 Å². The molecule has 0 fully saturated rings. The summed E-state index contributed by atoms with van der Waals surface area (Å²) in [5, 5.41) is 19.3. The molecule has 2 aromatic carbocycles. The fraction of sp³-hybridized carbons (Fsp3) is 0.158. The molecule has 1 heterocycles. The number of hydrogen-bond acceptors (Lipinski definition) is 5. The highest BCUT2D eigenvalue weighted by atomic mass is 32.2. The maximum atomic E-state index is 12.9. The van der Waals surface area contributed by atoms with Crippen LogP contribution in [0.1, 0.15) is 16.7 Å². The minimum absolute atomic E-state index is 0.0915. The predicted octanol–water partition coefficient (Wildman–Crippen LogP) is 3.27. The number of aromatic amines is 1. The van der Waals surface area contributed by atoms with Gasteiger partial charge in [0.1, 0.15) is 13.2 Å². The summed E-state index contributed by atoms with van der Waals surface area (Å²) in [4.78, 5) is 2.85. The molecule has 9 heteroatoms. The van der Waals surface area contributed by atoms with Crippen molar-refractivity contribution >= 4 is 39.1 Å². The zero-order valence-electron chi connectivity index (χ0n) is 15.4. The smallest absolute Gasteiger partial charge is 0.261 e. The number of nitriles is 2. The maximum absolute atomic E-state index is 12.9. The largest absolute Gasteiger partial charge is 0.358 e. The van der Waals surface area contributed by atoms with Crippen molar-refractivity contribution in [3.05, 3.63) is 53.2 Å². The van der Waals surface area contributed by atoms with E-state index in [2.05, 4.69) is 15.8 Å². The van der Waals surface area contributed by atoms with E-state index in [9.17, 15) is 23.5 Å². The van der Waals surface area contributed by atoms with Crippen LogP contribution >= 0.6 is 7.14 Å².